The van der Waals surface area contributed by atoms with Crippen LogP contribution in [-0.4, -0.2) is 58.0 Å². The number of anilines is 1. The van der Waals surface area contributed by atoms with Gasteiger partial charge in [-0.2, -0.15) is 0 Å². The van der Waals surface area contributed by atoms with E-state index in [0.717, 1.165) is 35.4 Å². The first-order valence-corrected chi connectivity index (χ1v) is 11.4. The summed E-state index contributed by atoms with van der Waals surface area (Å²) in [6, 6.07) is 20.4. The van der Waals surface area contributed by atoms with E-state index < -0.39 is 12.1 Å². The molecule has 0 amide bonds. The molecule has 1 fully saturated rings. The largest absolute Gasteiger partial charge is 0.383 e. The van der Waals surface area contributed by atoms with Crippen LogP contribution < -0.4 is 4.90 Å². The van der Waals surface area contributed by atoms with Crippen molar-refractivity contribution in [3.05, 3.63) is 95.3 Å². The molecule has 0 spiro atoms. The van der Waals surface area contributed by atoms with E-state index in [-0.39, 0.29) is 5.78 Å². The van der Waals surface area contributed by atoms with Crippen LogP contribution in [0.2, 0.25) is 5.02 Å². The first-order chi connectivity index (χ1) is 16.1. The number of fused-ring (bicyclic) bond motifs is 1. The Morgan fingerprint density at radius 2 is 1.70 bits per heavy atom. The molecule has 2 N–H and O–H groups in total. The van der Waals surface area contributed by atoms with Gasteiger partial charge in [0.2, 0.25) is 0 Å². The number of rotatable bonds is 6. The third-order valence-electron chi connectivity index (χ3n) is 6.31. The fourth-order valence-electron chi connectivity index (χ4n) is 4.60. The van der Waals surface area contributed by atoms with Gasteiger partial charge < -0.3 is 15.0 Å². The summed E-state index contributed by atoms with van der Waals surface area (Å²) in [5, 5.41) is 12.8. The lowest BCUT2D eigenvalue weighted by Crippen LogP contribution is -2.51. The van der Waals surface area contributed by atoms with Gasteiger partial charge in [0.25, 0.3) is 0 Å². The molecule has 0 bridgehead atoms. The lowest BCUT2D eigenvalue weighted by Gasteiger charge is -2.41. The number of hydrogen-bond acceptors (Lipinski definition) is 5. The van der Waals surface area contributed by atoms with Crippen LogP contribution >= 0.6 is 11.6 Å². The Hall–Kier alpha value is -3.19. The van der Waals surface area contributed by atoms with Crippen molar-refractivity contribution in [3.8, 4) is 0 Å². The number of para-hydroxylation sites is 1. The van der Waals surface area contributed by atoms with Crippen LogP contribution in [-0.2, 0) is 0 Å². The minimum atomic E-state index is -1.22. The minimum Gasteiger partial charge on any atom is -0.383 e. The van der Waals surface area contributed by atoms with Crippen LogP contribution in [0.5, 0.6) is 0 Å². The monoisotopic (exact) mass is 460 g/mol. The molecule has 0 unspecified atom stereocenters. The summed E-state index contributed by atoms with van der Waals surface area (Å²) in [5.74, 6) is 0.648. The van der Waals surface area contributed by atoms with E-state index in [2.05, 4.69) is 19.8 Å². The predicted molar refractivity (Wildman–Crippen MR) is 131 cm³/mol. The van der Waals surface area contributed by atoms with Crippen molar-refractivity contribution in [3.63, 3.8) is 0 Å². The number of aromatic nitrogens is 2. The zero-order chi connectivity index (χ0) is 22.8. The van der Waals surface area contributed by atoms with Crippen LogP contribution in [0.4, 0.5) is 5.82 Å². The highest BCUT2D eigenvalue weighted by atomic mass is 35.5. The summed E-state index contributed by atoms with van der Waals surface area (Å²) in [6.45, 7) is 2.91. The fraction of sp³-hybridized carbons (Fsp3) is 0.231. The number of aromatic amines is 1. The van der Waals surface area contributed by atoms with Gasteiger partial charge in [-0.3, -0.25) is 9.69 Å². The van der Waals surface area contributed by atoms with Crippen molar-refractivity contribution in [1.82, 2.24) is 14.9 Å². The number of benzene rings is 2. The van der Waals surface area contributed by atoms with E-state index >= 15 is 0 Å². The number of carbonyl (C=O) groups is 1. The van der Waals surface area contributed by atoms with Gasteiger partial charge in [-0.05, 0) is 35.9 Å². The normalized spacial score (nSPS) is 16.6. The molecule has 5 rings (SSSR count). The lowest BCUT2D eigenvalue weighted by molar-refractivity contribution is 0.0365. The molecular weight excluding hydrogens is 436 g/mol. The number of aliphatic hydroxyl groups excluding tert-OH is 1. The van der Waals surface area contributed by atoms with E-state index in [1.165, 1.54) is 0 Å². The van der Waals surface area contributed by atoms with Crippen molar-refractivity contribution < 1.29 is 9.90 Å². The Balaban J connectivity index is 1.42. The molecule has 1 aliphatic heterocycles. The molecule has 3 heterocycles. The summed E-state index contributed by atoms with van der Waals surface area (Å²) in [6.07, 6.45) is 2.27. The maximum absolute atomic E-state index is 13.5. The number of piperazine rings is 1. The van der Waals surface area contributed by atoms with Gasteiger partial charge in [0, 0.05) is 60.1 Å². The fourth-order valence-corrected chi connectivity index (χ4v) is 4.73. The molecule has 7 heteroatoms. The van der Waals surface area contributed by atoms with Crippen LogP contribution in [0.15, 0.2) is 79.1 Å². The van der Waals surface area contributed by atoms with E-state index in [4.69, 9.17) is 11.6 Å². The van der Waals surface area contributed by atoms with Crippen molar-refractivity contribution in [2.45, 2.75) is 12.1 Å². The van der Waals surface area contributed by atoms with Crippen LogP contribution in [0.1, 0.15) is 22.0 Å². The smallest absolute Gasteiger partial charge is 0.195 e. The Kier molecular flexibility index (Phi) is 6.13. The molecule has 0 aliphatic carbocycles. The highest BCUT2D eigenvalue weighted by molar-refractivity contribution is 6.30. The first-order valence-electron chi connectivity index (χ1n) is 11.1. The number of hydrogen-bond donors (Lipinski definition) is 2. The van der Waals surface area contributed by atoms with Crippen LogP contribution in [0.25, 0.3) is 10.9 Å². The maximum Gasteiger partial charge on any atom is 0.195 e. The number of aliphatic hydroxyl groups is 1. The van der Waals surface area contributed by atoms with Gasteiger partial charge in [0.1, 0.15) is 11.9 Å². The van der Waals surface area contributed by atoms with E-state index in [1.54, 1.807) is 24.5 Å². The molecule has 2 aromatic carbocycles. The van der Waals surface area contributed by atoms with Gasteiger partial charge in [-0.15, -0.1) is 0 Å². The average Bonchev–Trinajstić information content (AvgIpc) is 3.30. The van der Waals surface area contributed by atoms with Gasteiger partial charge in [0.05, 0.1) is 6.04 Å². The number of H-pyrrole nitrogens is 1. The Morgan fingerprint density at radius 1 is 0.970 bits per heavy atom. The standard InChI is InChI=1S/C26H25ClN4O2/c27-19-10-8-18(9-11-19)24(31-15-13-30(14-16-31)23-7-3-4-12-28-23)26(33)25(32)21-17-29-22-6-2-1-5-20(21)22/h1-12,17,24,26,29,33H,13-16H2/t24-,26-/m1/s1. The Labute approximate surface area is 197 Å². The zero-order valence-electron chi connectivity index (χ0n) is 18.1. The Morgan fingerprint density at radius 3 is 2.42 bits per heavy atom. The predicted octanol–water partition coefficient (Wildman–Crippen LogP) is 4.32. The van der Waals surface area contributed by atoms with Gasteiger partial charge in [-0.25, -0.2) is 4.98 Å². The molecule has 0 saturated carbocycles. The molecule has 2 atom stereocenters. The number of Topliss-reactive ketones (excluding diaryl/α,β-unsaturated/α-hetero) is 1. The van der Waals surface area contributed by atoms with E-state index in [1.807, 2.05) is 54.6 Å². The second kappa shape index (κ2) is 9.35. The number of nitrogens with one attached hydrogen (secondary N) is 1. The average molecular weight is 461 g/mol. The molecule has 1 aliphatic rings. The topological polar surface area (TPSA) is 72.5 Å². The van der Waals surface area contributed by atoms with Gasteiger partial charge >= 0.3 is 0 Å². The molecular formula is C26H25ClN4O2. The molecule has 2 aromatic heterocycles. The molecule has 6 nitrogen and oxygen atoms in total. The minimum absolute atomic E-state index is 0.292. The summed E-state index contributed by atoms with van der Waals surface area (Å²) in [5.41, 5.74) is 2.25. The number of carbonyl (C=O) groups excluding carboxylic acids is 1. The number of halogens is 1. The number of ketones is 1. The lowest BCUT2D eigenvalue weighted by atomic mass is 9.93. The van der Waals surface area contributed by atoms with Gasteiger partial charge in [0.15, 0.2) is 5.78 Å². The highest BCUT2D eigenvalue weighted by Crippen LogP contribution is 2.31. The quantitative estimate of drug-likeness (QED) is 0.419. The molecule has 4 aromatic rings. The number of nitrogens with zero attached hydrogens (tertiary/aromatic N) is 3. The second-order valence-electron chi connectivity index (χ2n) is 8.26. The van der Waals surface area contributed by atoms with Crippen LogP contribution in [0.3, 0.4) is 0 Å². The first kappa shape index (κ1) is 21.6. The Bertz CT molecular complexity index is 1230. The maximum atomic E-state index is 13.5. The van der Waals surface area contributed by atoms with Crippen molar-refractivity contribution in [1.29, 1.82) is 0 Å². The molecule has 0 radical (unpaired) electrons. The molecule has 1 saturated heterocycles. The molecule has 168 valence electrons. The summed E-state index contributed by atoms with van der Waals surface area (Å²) >= 11 is 6.12. The van der Waals surface area contributed by atoms with Crippen LogP contribution in [0, 0.1) is 0 Å². The van der Waals surface area contributed by atoms with E-state index in [0.29, 0.717) is 23.7 Å². The van der Waals surface area contributed by atoms with Crippen molar-refractivity contribution in [2.75, 3.05) is 31.1 Å². The number of pyridine rings is 1. The summed E-state index contributed by atoms with van der Waals surface area (Å²) < 4.78 is 0. The second-order valence-corrected chi connectivity index (χ2v) is 8.70. The SMILES string of the molecule is O=C(c1c[nH]c2ccccc12)[C@H](O)[C@@H](c1ccc(Cl)cc1)N1CCN(c2ccccn2)CC1. The third-order valence-corrected chi connectivity index (χ3v) is 6.57. The van der Waals surface area contributed by atoms with Crippen molar-refractivity contribution >= 4 is 34.1 Å². The summed E-state index contributed by atoms with van der Waals surface area (Å²) in [4.78, 5) is 25.5. The van der Waals surface area contributed by atoms with Gasteiger partial charge in [-0.1, -0.05) is 48.0 Å². The van der Waals surface area contributed by atoms with E-state index in [9.17, 15) is 9.90 Å². The summed E-state index contributed by atoms with van der Waals surface area (Å²) in [7, 11) is 0. The molecule has 33 heavy (non-hydrogen) atoms. The zero-order valence-corrected chi connectivity index (χ0v) is 18.8. The highest BCUT2D eigenvalue weighted by Gasteiger charge is 2.35. The third kappa shape index (κ3) is 4.37. The van der Waals surface area contributed by atoms with Crippen molar-refractivity contribution in [2.24, 2.45) is 0 Å².